The van der Waals surface area contributed by atoms with Crippen molar-refractivity contribution >= 4 is 0 Å². The van der Waals surface area contributed by atoms with Gasteiger partial charge in [-0.1, -0.05) is 6.07 Å². The molecule has 0 aliphatic carbocycles. The van der Waals surface area contributed by atoms with E-state index in [9.17, 15) is 4.39 Å². The van der Waals surface area contributed by atoms with Crippen LogP contribution in [0.15, 0.2) is 18.2 Å². The minimum atomic E-state index is -0.359. The molecule has 0 bridgehead atoms. The van der Waals surface area contributed by atoms with E-state index in [1.54, 1.807) is 13.2 Å². The Morgan fingerprint density at radius 2 is 2.00 bits per heavy atom. The number of rotatable bonds is 10. The lowest BCUT2D eigenvalue weighted by molar-refractivity contribution is 0.0797. The van der Waals surface area contributed by atoms with E-state index in [1.807, 2.05) is 13.0 Å². The van der Waals surface area contributed by atoms with E-state index in [2.05, 4.69) is 0 Å². The number of nitrogens with two attached hydrogens (primary N) is 1. The van der Waals surface area contributed by atoms with E-state index in [0.29, 0.717) is 32.8 Å². The highest BCUT2D eigenvalue weighted by Gasteiger charge is 2.06. The SMILES string of the molecule is COCCCOCCOc1ccc(CC(C)N)cc1F. The molecule has 0 spiro atoms. The Morgan fingerprint density at radius 3 is 2.65 bits per heavy atom. The molecule has 0 fully saturated rings. The zero-order valence-electron chi connectivity index (χ0n) is 12.2. The summed E-state index contributed by atoms with van der Waals surface area (Å²) in [5.41, 5.74) is 6.56. The largest absolute Gasteiger partial charge is 0.488 e. The van der Waals surface area contributed by atoms with Gasteiger partial charge in [0.15, 0.2) is 11.6 Å². The smallest absolute Gasteiger partial charge is 0.165 e. The molecule has 0 heterocycles. The van der Waals surface area contributed by atoms with Gasteiger partial charge in [-0.3, -0.25) is 0 Å². The summed E-state index contributed by atoms with van der Waals surface area (Å²) in [7, 11) is 1.65. The van der Waals surface area contributed by atoms with Crippen molar-refractivity contribution in [2.24, 2.45) is 5.73 Å². The molecule has 1 rings (SSSR count). The molecule has 2 N–H and O–H groups in total. The van der Waals surface area contributed by atoms with Crippen LogP contribution in [0.5, 0.6) is 5.75 Å². The summed E-state index contributed by atoms with van der Waals surface area (Å²) in [5, 5.41) is 0. The van der Waals surface area contributed by atoms with Crippen molar-refractivity contribution in [2.75, 3.05) is 33.5 Å². The highest BCUT2D eigenvalue weighted by atomic mass is 19.1. The number of halogens is 1. The first-order valence-corrected chi connectivity index (χ1v) is 6.87. The van der Waals surface area contributed by atoms with E-state index in [-0.39, 0.29) is 17.6 Å². The Hall–Kier alpha value is -1.17. The number of hydrogen-bond donors (Lipinski definition) is 1. The highest BCUT2D eigenvalue weighted by Crippen LogP contribution is 2.19. The van der Waals surface area contributed by atoms with Crippen LogP contribution in [0.1, 0.15) is 18.9 Å². The Balaban J connectivity index is 2.26. The molecule has 1 aromatic rings. The minimum absolute atomic E-state index is 0.0154. The fraction of sp³-hybridized carbons (Fsp3) is 0.600. The van der Waals surface area contributed by atoms with Gasteiger partial charge in [-0.2, -0.15) is 0 Å². The molecule has 1 atom stereocenters. The van der Waals surface area contributed by atoms with Gasteiger partial charge >= 0.3 is 0 Å². The fourth-order valence-corrected chi connectivity index (χ4v) is 1.78. The van der Waals surface area contributed by atoms with Crippen LogP contribution in [0, 0.1) is 5.82 Å². The lowest BCUT2D eigenvalue weighted by atomic mass is 10.1. The Bertz CT molecular complexity index is 385. The van der Waals surface area contributed by atoms with E-state index < -0.39 is 0 Å². The van der Waals surface area contributed by atoms with Crippen molar-refractivity contribution in [3.8, 4) is 5.75 Å². The highest BCUT2D eigenvalue weighted by molar-refractivity contribution is 5.29. The van der Waals surface area contributed by atoms with Gasteiger partial charge in [0.25, 0.3) is 0 Å². The van der Waals surface area contributed by atoms with Crippen molar-refractivity contribution < 1.29 is 18.6 Å². The molecule has 0 radical (unpaired) electrons. The van der Waals surface area contributed by atoms with E-state index in [0.717, 1.165) is 12.0 Å². The predicted molar refractivity (Wildman–Crippen MR) is 76.6 cm³/mol. The quantitative estimate of drug-likeness (QED) is 0.669. The van der Waals surface area contributed by atoms with Gasteiger partial charge in [0.1, 0.15) is 6.61 Å². The average molecular weight is 285 g/mol. The summed E-state index contributed by atoms with van der Waals surface area (Å²) in [5.74, 6) is -0.110. The van der Waals surface area contributed by atoms with Crippen molar-refractivity contribution in [3.63, 3.8) is 0 Å². The Kier molecular flexibility index (Phi) is 8.18. The van der Waals surface area contributed by atoms with Gasteiger partial charge in [0, 0.05) is 26.4 Å². The molecule has 0 amide bonds. The molecule has 4 nitrogen and oxygen atoms in total. The maximum Gasteiger partial charge on any atom is 0.165 e. The predicted octanol–water partition coefficient (Wildman–Crippen LogP) is 2.15. The topological polar surface area (TPSA) is 53.7 Å². The van der Waals surface area contributed by atoms with E-state index in [1.165, 1.54) is 6.07 Å². The van der Waals surface area contributed by atoms with Crippen molar-refractivity contribution in [1.82, 2.24) is 0 Å². The van der Waals surface area contributed by atoms with Crippen LogP contribution >= 0.6 is 0 Å². The molecule has 20 heavy (non-hydrogen) atoms. The monoisotopic (exact) mass is 285 g/mol. The van der Waals surface area contributed by atoms with Gasteiger partial charge in [-0.15, -0.1) is 0 Å². The molecule has 0 aliphatic heterocycles. The van der Waals surface area contributed by atoms with Crippen molar-refractivity contribution in [2.45, 2.75) is 25.8 Å². The van der Waals surface area contributed by atoms with Crippen LogP contribution < -0.4 is 10.5 Å². The summed E-state index contributed by atoms with van der Waals surface area (Å²) >= 11 is 0. The molecule has 0 aromatic heterocycles. The van der Waals surface area contributed by atoms with Crippen LogP contribution in [0.3, 0.4) is 0 Å². The van der Waals surface area contributed by atoms with Gasteiger partial charge in [0.2, 0.25) is 0 Å². The van der Waals surface area contributed by atoms with Crippen LogP contribution in [0.4, 0.5) is 4.39 Å². The van der Waals surface area contributed by atoms with E-state index >= 15 is 0 Å². The van der Waals surface area contributed by atoms with Crippen LogP contribution in [0.2, 0.25) is 0 Å². The second kappa shape index (κ2) is 9.69. The van der Waals surface area contributed by atoms with Gasteiger partial charge < -0.3 is 19.9 Å². The molecule has 1 aromatic carbocycles. The summed E-state index contributed by atoms with van der Waals surface area (Å²) in [4.78, 5) is 0. The first-order chi connectivity index (χ1) is 9.63. The Labute approximate surface area is 120 Å². The fourth-order valence-electron chi connectivity index (χ4n) is 1.78. The second-order valence-electron chi connectivity index (χ2n) is 4.75. The third-order valence-electron chi connectivity index (χ3n) is 2.68. The number of methoxy groups -OCH3 is 1. The molecular weight excluding hydrogens is 261 g/mol. The van der Waals surface area contributed by atoms with Gasteiger partial charge in [0.05, 0.1) is 6.61 Å². The van der Waals surface area contributed by atoms with Crippen LogP contribution in [-0.2, 0) is 15.9 Å². The van der Waals surface area contributed by atoms with E-state index in [4.69, 9.17) is 19.9 Å². The zero-order chi connectivity index (χ0) is 14.8. The summed E-state index contributed by atoms with van der Waals surface area (Å²) in [6.07, 6.45) is 1.50. The Morgan fingerprint density at radius 1 is 1.20 bits per heavy atom. The molecule has 0 saturated heterocycles. The number of benzene rings is 1. The van der Waals surface area contributed by atoms with Crippen LogP contribution in [0.25, 0.3) is 0 Å². The molecule has 0 saturated carbocycles. The third-order valence-corrected chi connectivity index (χ3v) is 2.68. The second-order valence-corrected chi connectivity index (χ2v) is 4.75. The first-order valence-electron chi connectivity index (χ1n) is 6.87. The molecular formula is C15H24FNO3. The minimum Gasteiger partial charge on any atom is -0.488 e. The summed E-state index contributed by atoms with van der Waals surface area (Å²) in [6, 6.07) is 4.96. The standard InChI is InChI=1S/C15H24FNO3/c1-12(17)10-13-4-5-15(14(16)11-13)20-9-8-19-7-3-6-18-2/h4-5,11-12H,3,6-10,17H2,1-2H3. The molecule has 1 unspecified atom stereocenters. The number of ether oxygens (including phenoxy) is 3. The van der Waals surface area contributed by atoms with Crippen molar-refractivity contribution in [1.29, 1.82) is 0 Å². The maximum atomic E-state index is 13.8. The van der Waals surface area contributed by atoms with Gasteiger partial charge in [-0.25, -0.2) is 4.39 Å². The molecule has 114 valence electrons. The third kappa shape index (κ3) is 6.84. The molecule has 0 aliphatic rings. The first kappa shape index (κ1) is 16.9. The summed E-state index contributed by atoms with van der Waals surface area (Å²) < 4.78 is 29.3. The van der Waals surface area contributed by atoms with Gasteiger partial charge in [-0.05, 0) is 37.5 Å². The summed E-state index contributed by atoms with van der Waals surface area (Å²) in [6.45, 7) is 3.95. The number of hydrogen-bond acceptors (Lipinski definition) is 4. The lowest BCUT2D eigenvalue weighted by Crippen LogP contribution is -2.17. The average Bonchev–Trinajstić information content (AvgIpc) is 2.39. The van der Waals surface area contributed by atoms with Crippen LogP contribution in [-0.4, -0.2) is 39.6 Å². The van der Waals surface area contributed by atoms with Crippen molar-refractivity contribution in [3.05, 3.63) is 29.6 Å². The normalized spacial score (nSPS) is 12.4. The molecule has 5 heteroatoms. The zero-order valence-corrected chi connectivity index (χ0v) is 12.2. The maximum absolute atomic E-state index is 13.8. The lowest BCUT2D eigenvalue weighted by Gasteiger charge is -2.10.